The van der Waals surface area contributed by atoms with Gasteiger partial charge in [0.15, 0.2) is 0 Å². The first-order valence-corrected chi connectivity index (χ1v) is 5.34. The molecule has 14 heavy (non-hydrogen) atoms. The normalized spacial score (nSPS) is 19.6. The van der Waals surface area contributed by atoms with Gasteiger partial charge in [-0.05, 0) is 36.9 Å². The van der Waals surface area contributed by atoms with Crippen LogP contribution in [0.15, 0.2) is 24.3 Å². The third kappa shape index (κ3) is 1.97. The molecular weight excluding hydrogens is 174 g/mol. The topological polar surface area (TPSA) is 32.3 Å². The molecule has 76 valence electrons. The van der Waals surface area contributed by atoms with Crippen molar-refractivity contribution in [3.63, 3.8) is 0 Å². The molecular formula is C12H17NO. The summed E-state index contributed by atoms with van der Waals surface area (Å²) in [7, 11) is 0. The van der Waals surface area contributed by atoms with Gasteiger partial charge in [-0.25, -0.2) is 0 Å². The lowest BCUT2D eigenvalue weighted by Crippen LogP contribution is -2.21. The van der Waals surface area contributed by atoms with Gasteiger partial charge in [0.05, 0.1) is 0 Å². The maximum absolute atomic E-state index is 8.70. The molecule has 1 aliphatic rings. The fourth-order valence-electron chi connectivity index (χ4n) is 2.12. The average Bonchev–Trinajstić information content (AvgIpc) is 2.63. The zero-order chi connectivity index (χ0) is 9.80. The predicted octanol–water partition coefficient (Wildman–Crippen LogP) is 1.65. The van der Waals surface area contributed by atoms with E-state index in [1.165, 1.54) is 24.0 Å². The van der Waals surface area contributed by atoms with Crippen molar-refractivity contribution in [3.8, 4) is 0 Å². The number of aryl methyl sites for hydroxylation is 1. The zero-order valence-corrected chi connectivity index (χ0v) is 8.37. The van der Waals surface area contributed by atoms with Crippen LogP contribution in [0.25, 0.3) is 0 Å². The summed E-state index contributed by atoms with van der Waals surface area (Å²) >= 11 is 0. The molecule has 0 spiro atoms. The molecule has 0 unspecified atom stereocenters. The van der Waals surface area contributed by atoms with Crippen molar-refractivity contribution in [1.82, 2.24) is 5.32 Å². The summed E-state index contributed by atoms with van der Waals surface area (Å²) in [6, 6.07) is 9.14. The Morgan fingerprint density at radius 1 is 1.36 bits per heavy atom. The van der Waals surface area contributed by atoms with Crippen molar-refractivity contribution in [1.29, 1.82) is 0 Å². The number of hydrogen-bond donors (Lipinski definition) is 2. The Labute approximate surface area is 85.0 Å². The molecule has 0 heterocycles. The number of hydrogen-bond acceptors (Lipinski definition) is 2. The van der Waals surface area contributed by atoms with E-state index in [0.29, 0.717) is 6.04 Å². The first-order valence-electron chi connectivity index (χ1n) is 5.34. The van der Waals surface area contributed by atoms with Crippen LogP contribution in [0.2, 0.25) is 0 Å². The van der Waals surface area contributed by atoms with Gasteiger partial charge < -0.3 is 10.4 Å². The zero-order valence-electron chi connectivity index (χ0n) is 8.37. The SMILES string of the molecule is OCCCN[C@@H]1CCc2ccccc21. The molecule has 2 rings (SSSR count). The highest BCUT2D eigenvalue weighted by atomic mass is 16.3. The first-order chi connectivity index (χ1) is 6.92. The van der Waals surface area contributed by atoms with Crippen molar-refractivity contribution in [3.05, 3.63) is 35.4 Å². The molecule has 0 amide bonds. The second-order valence-corrected chi connectivity index (χ2v) is 3.82. The fraction of sp³-hybridized carbons (Fsp3) is 0.500. The van der Waals surface area contributed by atoms with Gasteiger partial charge in [-0.15, -0.1) is 0 Å². The first kappa shape index (κ1) is 9.69. The van der Waals surface area contributed by atoms with Crippen LogP contribution in [0.1, 0.15) is 30.0 Å². The molecule has 0 saturated heterocycles. The van der Waals surface area contributed by atoms with E-state index >= 15 is 0 Å². The number of nitrogens with one attached hydrogen (secondary N) is 1. The Kier molecular flexibility index (Phi) is 3.17. The van der Waals surface area contributed by atoms with Crippen LogP contribution >= 0.6 is 0 Å². The van der Waals surface area contributed by atoms with Crippen LogP contribution in [0.4, 0.5) is 0 Å². The second kappa shape index (κ2) is 4.58. The third-order valence-electron chi connectivity index (χ3n) is 2.86. The lowest BCUT2D eigenvalue weighted by molar-refractivity contribution is 0.283. The minimum absolute atomic E-state index is 0.279. The monoisotopic (exact) mass is 191 g/mol. The van der Waals surface area contributed by atoms with Crippen LogP contribution < -0.4 is 5.32 Å². The number of benzene rings is 1. The van der Waals surface area contributed by atoms with Crippen LogP contribution in [0, 0.1) is 0 Å². The summed E-state index contributed by atoms with van der Waals surface area (Å²) in [5.41, 5.74) is 2.93. The highest BCUT2D eigenvalue weighted by molar-refractivity contribution is 5.34. The highest BCUT2D eigenvalue weighted by Gasteiger charge is 2.20. The van der Waals surface area contributed by atoms with Gasteiger partial charge in [0.2, 0.25) is 0 Å². The van der Waals surface area contributed by atoms with E-state index in [9.17, 15) is 0 Å². The van der Waals surface area contributed by atoms with Crippen molar-refractivity contribution in [2.45, 2.75) is 25.3 Å². The molecule has 1 aliphatic carbocycles. The number of aliphatic hydroxyl groups is 1. The quantitative estimate of drug-likeness (QED) is 0.709. The van der Waals surface area contributed by atoms with Crippen LogP contribution in [0.5, 0.6) is 0 Å². The number of fused-ring (bicyclic) bond motifs is 1. The van der Waals surface area contributed by atoms with Crippen LogP contribution in [0.3, 0.4) is 0 Å². The Morgan fingerprint density at radius 3 is 3.07 bits per heavy atom. The summed E-state index contributed by atoms with van der Waals surface area (Å²) in [5.74, 6) is 0. The Bertz CT molecular complexity index is 298. The lowest BCUT2D eigenvalue weighted by atomic mass is 10.1. The van der Waals surface area contributed by atoms with Crippen molar-refractivity contribution in [2.24, 2.45) is 0 Å². The summed E-state index contributed by atoms with van der Waals surface area (Å²) in [4.78, 5) is 0. The molecule has 2 nitrogen and oxygen atoms in total. The minimum Gasteiger partial charge on any atom is -0.396 e. The van der Waals surface area contributed by atoms with Crippen molar-refractivity contribution in [2.75, 3.05) is 13.2 Å². The summed E-state index contributed by atoms with van der Waals surface area (Å²) < 4.78 is 0. The molecule has 0 radical (unpaired) electrons. The molecule has 0 aromatic heterocycles. The summed E-state index contributed by atoms with van der Waals surface area (Å²) in [6.45, 7) is 1.19. The molecule has 1 aromatic rings. The van der Waals surface area contributed by atoms with Crippen LogP contribution in [-0.2, 0) is 6.42 Å². The molecule has 0 saturated carbocycles. The molecule has 1 atom stereocenters. The molecule has 0 bridgehead atoms. The van der Waals surface area contributed by atoms with E-state index in [0.717, 1.165) is 13.0 Å². The number of rotatable bonds is 4. The maximum atomic E-state index is 8.70. The maximum Gasteiger partial charge on any atom is 0.0443 e. The fourth-order valence-corrected chi connectivity index (χ4v) is 2.12. The molecule has 1 aromatic carbocycles. The third-order valence-corrected chi connectivity index (χ3v) is 2.86. The Balaban J connectivity index is 1.96. The van der Waals surface area contributed by atoms with E-state index in [-0.39, 0.29) is 6.61 Å². The molecule has 0 fully saturated rings. The van der Waals surface area contributed by atoms with Gasteiger partial charge in [0.25, 0.3) is 0 Å². The molecule has 0 aliphatic heterocycles. The largest absolute Gasteiger partial charge is 0.396 e. The van der Waals surface area contributed by atoms with Crippen molar-refractivity contribution >= 4 is 0 Å². The smallest absolute Gasteiger partial charge is 0.0443 e. The van der Waals surface area contributed by atoms with Gasteiger partial charge in [-0.1, -0.05) is 24.3 Å². The van der Waals surface area contributed by atoms with E-state index < -0.39 is 0 Å². The van der Waals surface area contributed by atoms with E-state index in [4.69, 9.17) is 5.11 Å². The van der Waals surface area contributed by atoms with Gasteiger partial charge in [-0.3, -0.25) is 0 Å². The van der Waals surface area contributed by atoms with Gasteiger partial charge >= 0.3 is 0 Å². The highest BCUT2D eigenvalue weighted by Crippen LogP contribution is 2.30. The lowest BCUT2D eigenvalue weighted by Gasteiger charge is -2.13. The van der Waals surface area contributed by atoms with Crippen LogP contribution in [-0.4, -0.2) is 18.3 Å². The van der Waals surface area contributed by atoms with Gasteiger partial charge in [-0.2, -0.15) is 0 Å². The minimum atomic E-state index is 0.279. The standard InChI is InChI=1S/C12H17NO/c14-9-3-8-13-12-7-6-10-4-1-2-5-11(10)12/h1-2,4-5,12-14H,3,6-9H2/t12-/m1/s1. The van der Waals surface area contributed by atoms with Crippen molar-refractivity contribution < 1.29 is 5.11 Å². The Hall–Kier alpha value is -0.860. The Morgan fingerprint density at radius 2 is 2.21 bits per heavy atom. The van der Waals surface area contributed by atoms with Gasteiger partial charge in [0, 0.05) is 12.6 Å². The van der Waals surface area contributed by atoms with E-state index in [1.807, 2.05) is 0 Å². The molecule has 2 heteroatoms. The predicted molar refractivity (Wildman–Crippen MR) is 57.2 cm³/mol. The summed E-state index contributed by atoms with van der Waals surface area (Å²) in [6.07, 6.45) is 3.23. The van der Waals surface area contributed by atoms with E-state index in [1.54, 1.807) is 0 Å². The van der Waals surface area contributed by atoms with Gasteiger partial charge in [0.1, 0.15) is 0 Å². The second-order valence-electron chi connectivity index (χ2n) is 3.82. The molecule has 2 N–H and O–H groups in total. The average molecular weight is 191 g/mol. The van der Waals surface area contributed by atoms with E-state index in [2.05, 4.69) is 29.6 Å². The number of aliphatic hydroxyl groups excluding tert-OH is 1. The summed E-state index contributed by atoms with van der Waals surface area (Å²) in [5, 5.41) is 12.2.